The van der Waals surface area contributed by atoms with Crippen molar-refractivity contribution in [2.45, 2.75) is 71.4 Å². The van der Waals surface area contributed by atoms with E-state index in [2.05, 4.69) is 53.6 Å². The maximum atomic E-state index is 14.3. The fourth-order valence-corrected chi connectivity index (χ4v) is 5.36. The molecule has 0 amide bonds. The van der Waals surface area contributed by atoms with Crippen LogP contribution >= 0.6 is 0 Å². The van der Waals surface area contributed by atoms with E-state index >= 15 is 0 Å². The first kappa shape index (κ1) is 29.3. The number of aromatic nitrogens is 6. The van der Waals surface area contributed by atoms with Gasteiger partial charge in [0.25, 0.3) is 10.0 Å². The van der Waals surface area contributed by atoms with Crippen LogP contribution in [0.1, 0.15) is 55.2 Å². The molecule has 0 saturated carbocycles. The normalized spacial score (nSPS) is 14.1. The molecule has 4 heterocycles. The SMILES string of the molecule is CC.CCCc1ccc(F)c(S(=O)(=O)Nc2cnc(-c3nc(OC4CN(C(C)C)C4)c4c(C)[nH]nc4n3)cn2)c1.[HH].[HH]. The zero-order chi connectivity index (χ0) is 29.0. The number of likely N-dealkylation sites (tertiary alicyclic amines) is 1. The summed E-state index contributed by atoms with van der Waals surface area (Å²) in [6.07, 6.45) is 4.02. The summed E-state index contributed by atoms with van der Waals surface area (Å²) in [5.41, 5.74) is 2.24. The van der Waals surface area contributed by atoms with Gasteiger partial charge >= 0.3 is 0 Å². The van der Waals surface area contributed by atoms with Crippen LogP contribution in [0.5, 0.6) is 5.88 Å². The average molecular weight is 575 g/mol. The number of anilines is 1. The number of rotatable bonds is 9. The van der Waals surface area contributed by atoms with Crippen molar-refractivity contribution in [2.24, 2.45) is 0 Å². The molecule has 11 nitrogen and oxygen atoms in total. The molecule has 0 aliphatic carbocycles. The van der Waals surface area contributed by atoms with Crippen molar-refractivity contribution < 1.29 is 20.4 Å². The summed E-state index contributed by atoms with van der Waals surface area (Å²) in [7, 11) is -4.21. The number of H-pyrrole nitrogens is 1. The van der Waals surface area contributed by atoms with Crippen LogP contribution in [0.15, 0.2) is 35.5 Å². The summed E-state index contributed by atoms with van der Waals surface area (Å²) >= 11 is 0. The van der Waals surface area contributed by atoms with E-state index in [4.69, 9.17) is 4.74 Å². The molecule has 4 aromatic rings. The molecule has 1 fully saturated rings. The molecule has 2 N–H and O–H groups in total. The highest BCUT2D eigenvalue weighted by atomic mass is 32.2. The number of aryl methyl sites for hydroxylation is 2. The lowest BCUT2D eigenvalue weighted by Gasteiger charge is -2.41. The van der Waals surface area contributed by atoms with Crippen molar-refractivity contribution in [1.82, 2.24) is 35.0 Å². The van der Waals surface area contributed by atoms with Crippen LogP contribution < -0.4 is 9.46 Å². The van der Waals surface area contributed by atoms with E-state index in [-0.39, 0.29) is 20.6 Å². The summed E-state index contributed by atoms with van der Waals surface area (Å²) in [5.74, 6) is -0.267. The predicted molar refractivity (Wildman–Crippen MR) is 155 cm³/mol. The number of sulfonamides is 1. The molecule has 218 valence electrons. The highest BCUT2D eigenvalue weighted by molar-refractivity contribution is 7.92. The number of ether oxygens (including phenoxy) is 1. The van der Waals surface area contributed by atoms with Gasteiger partial charge in [-0.15, -0.1) is 0 Å². The van der Waals surface area contributed by atoms with Crippen molar-refractivity contribution in [2.75, 3.05) is 17.8 Å². The number of hydrogen-bond donors (Lipinski definition) is 2. The second kappa shape index (κ2) is 12.2. The molecule has 3 aromatic heterocycles. The van der Waals surface area contributed by atoms with Crippen molar-refractivity contribution in [1.29, 1.82) is 0 Å². The zero-order valence-electron chi connectivity index (χ0n) is 23.6. The highest BCUT2D eigenvalue weighted by Gasteiger charge is 2.31. The minimum atomic E-state index is -4.21. The van der Waals surface area contributed by atoms with Gasteiger partial charge in [-0.1, -0.05) is 33.3 Å². The van der Waals surface area contributed by atoms with Gasteiger partial charge in [-0.3, -0.25) is 14.7 Å². The van der Waals surface area contributed by atoms with Crippen LogP contribution in [-0.4, -0.2) is 68.7 Å². The number of benzene rings is 1. The first-order chi connectivity index (χ1) is 19.1. The molecular weight excluding hydrogens is 535 g/mol. The summed E-state index contributed by atoms with van der Waals surface area (Å²) in [4.78, 5) is 19.4. The van der Waals surface area contributed by atoms with E-state index < -0.39 is 20.7 Å². The van der Waals surface area contributed by atoms with E-state index in [1.54, 1.807) is 6.07 Å². The number of hydrogen-bond acceptors (Lipinski definition) is 9. The van der Waals surface area contributed by atoms with E-state index in [0.29, 0.717) is 35.1 Å². The Hall–Kier alpha value is -3.71. The second-order valence-corrected chi connectivity index (χ2v) is 11.2. The van der Waals surface area contributed by atoms with Crippen LogP contribution in [0.2, 0.25) is 0 Å². The number of aromatic amines is 1. The Morgan fingerprint density at radius 1 is 1.20 bits per heavy atom. The largest absolute Gasteiger partial charge is 0.471 e. The second-order valence-electron chi connectivity index (χ2n) is 9.59. The molecule has 1 aliphatic rings. The first-order valence-electron chi connectivity index (χ1n) is 13.4. The van der Waals surface area contributed by atoms with Gasteiger partial charge in [-0.25, -0.2) is 27.8 Å². The molecule has 1 aromatic carbocycles. The van der Waals surface area contributed by atoms with Gasteiger partial charge in [0.15, 0.2) is 17.3 Å². The Morgan fingerprint density at radius 3 is 2.60 bits per heavy atom. The van der Waals surface area contributed by atoms with Crippen molar-refractivity contribution >= 4 is 26.9 Å². The first-order valence-corrected chi connectivity index (χ1v) is 14.9. The number of nitrogens with one attached hydrogen (secondary N) is 2. The molecule has 13 heteroatoms. The smallest absolute Gasteiger partial charge is 0.266 e. The molecular formula is C27H39FN8O3S. The topological polar surface area (TPSA) is 139 Å². The lowest BCUT2D eigenvalue weighted by molar-refractivity contribution is -0.00136. The number of fused-ring (bicyclic) bond motifs is 1. The van der Waals surface area contributed by atoms with Crippen molar-refractivity contribution in [3.8, 4) is 17.4 Å². The summed E-state index contributed by atoms with van der Waals surface area (Å²) in [6.45, 7) is 13.7. The van der Waals surface area contributed by atoms with Gasteiger partial charge in [-0.2, -0.15) is 10.1 Å². The minimum Gasteiger partial charge on any atom is -0.471 e. The third kappa shape index (κ3) is 6.20. The quantitative estimate of drug-likeness (QED) is 0.283. The standard InChI is InChI=1S/C25H29FN8O3S.C2H6.2H2/c1-5-6-16-7-8-18(26)20(9-16)38(35,36)33-21-11-27-19(10-28-21)23-29-24-22(15(4)31-32-24)25(30-23)37-17-12-34(13-17)14(2)3;1-2;;/h7-11,14,17H,5-6,12-13H2,1-4H3,(H,28,33)(H,29,30,31,32);1-2H3;2*1H. The number of halogens is 1. The van der Waals surface area contributed by atoms with Crippen LogP contribution in [0.3, 0.4) is 0 Å². The third-order valence-corrected chi connectivity index (χ3v) is 7.76. The summed E-state index contributed by atoms with van der Waals surface area (Å²) in [6, 6.07) is 4.51. The molecule has 1 aliphatic heterocycles. The van der Waals surface area contributed by atoms with Gasteiger partial charge in [-0.05, 0) is 44.9 Å². The van der Waals surface area contributed by atoms with Crippen LogP contribution in [-0.2, 0) is 16.4 Å². The molecule has 5 rings (SSSR count). The molecule has 0 radical (unpaired) electrons. The zero-order valence-corrected chi connectivity index (χ0v) is 24.4. The Balaban J connectivity index is 0.00000151. The van der Waals surface area contributed by atoms with Crippen molar-refractivity contribution in [3.63, 3.8) is 0 Å². The maximum Gasteiger partial charge on any atom is 0.266 e. The van der Waals surface area contributed by atoms with E-state index in [0.717, 1.165) is 36.8 Å². The van der Waals surface area contributed by atoms with Crippen LogP contribution in [0.4, 0.5) is 10.2 Å². The molecule has 0 bridgehead atoms. The minimum absolute atomic E-state index is 0. The Labute approximate surface area is 236 Å². The summed E-state index contributed by atoms with van der Waals surface area (Å²) in [5, 5.41) is 7.85. The van der Waals surface area contributed by atoms with Crippen molar-refractivity contribution in [3.05, 3.63) is 47.7 Å². The molecule has 40 heavy (non-hydrogen) atoms. The van der Waals surface area contributed by atoms with E-state index in [1.807, 2.05) is 27.7 Å². The van der Waals surface area contributed by atoms with E-state index in [9.17, 15) is 12.8 Å². The molecule has 0 unspecified atom stereocenters. The van der Waals surface area contributed by atoms with Crippen LogP contribution in [0, 0.1) is 12.7 Å². The molecule has 1 saturated heterocycles. The van der Waals surface area contributed by atoms with Gasteiger partial charge in [0, 0.05) is 27.7 Å². The van der Waals surface area contributed by atoms with Gasteiger partial charge in [0.05, 0.1) is 12.4 Å². The fraction of sp³-hybridized carbons (Fsp3) is 0.444. The Kier molecular flexibility index (Phi) is 8.94. The maximum absolute atomic E-state index is 14.3. The lowest BCUT2D eigenvalue weighted by Crippen LogP contribution is -2.56. The van der Waals surface area contributed by atoms with Crippen LogP contribution in [0.25, 0.3) is 22.6 Å². The molecule has 0 spiro atoms. The Bertz CT molecular complexity index is 1580. The monoisotopic (exact) mass is 574 g/mol. The lowest BCUT2D eigenvalue weighted by atomic mass is 10.1. The van der Waals surface area contributed by atoms with E-state index in [1.165, 1.54) is 18.5 Å². The average Bonchev–Trinajstić information content (AvgIpc) is 3.29. The Morgan fingerprint density at radius 2 is 1.95 bits per heavy atom. The number of nitrogens with zero attached hydrogens (tertiary/aromatic N) is 6. The third-order valence-electron chi connectivity index (χ3n) is 6.39. The molecule has 0 atom stereocenters. The van der Waals surface area contributed by atoms with Gasteiger partial charge in [0.1, 0.15) is 27.9 Å². The predicted octanol–water partition coefficient (Wildman–Crippen LogP) is 5.00. The van der Waals surface area contributed by atoms with Gasteiger partial charge in [0.2, 0.25) is 5.88 Å². The summed E-state index contributed by atoms with van der Waals surface area (Å²) < 4.78 is 48.5. The highest BCUT2D eigenvalue weighted by Crippen LogP contribution is 2.29. The fourth-order valence-electron chi connectivity index (χ4n) is 4.24. The van der Waals surface area contributed by atoms with Gasteiger partial charge < -0.3 is 4.74 Å².